The van der Waals surface area contributed by atoms with Crippen LogP contribution in [0.2, 0.25) is 0 Å². The molecular formula is C14H24N4. The minimum absolute atomic E-state index is 0.231. The van der Waals surface area contributed by atoms with Crippen molar-refractivity contribution in [2.75, 3.05) is 0 Å². The third kappa shape index (κ3) is 2.87. The summed E-state index contributed by atoms with van der Waals surface area (Å²) in [5.74, 6) is 6.45. The molecule has 1 heterocycles. The fourth-order valence-electron chi connectivity index (χ4n) is 3.03. The lowest BCUT2D eigenvalue weighted by molar-refractivity contribution is 0.272. The van der Waals surface area contributed by atoms with Crippen molar-refractivity contribution in [2.24, 2.45) is 11.8 Å². The second kappa shape index (κ2) is 6.25. The lowest BCUT2D eigenvalue weighted by atomic mass is 9.81. The van der Waals surface area contributed by atoms with Gasteiger partial charge in [0.25, 0.3) is 0 Å². The molecule has 1 unspecified atom stereocenters. The van der Waals surface area contributed by atoms with Crippen LogP contribution in [0.5, 0.6) is 0 Å². The predicted molar refractivity (Wildman–Crippen MR) is 72.8 cm³/mol. The Morgan fingerprint density at radius 2 is 2.06 bits per heavy atom. The third-order valence-electron chi connectivity index (χ3n) is 4.00. The third-order valence-corrected chi connectivity index (χ3v) is 4.00. The van der Waals surface area contributed by atoms with Crippen LogP contribution < -0.4 is 11.3 Å². The summed E-state index contributed by atoms with van der Waals surface area (Å²) < 4.78 is 0. The molecule has 1 aromatic heterocycles. The molecule has 0 aromatic carbocycles. The number of nitrogens with one attached hydrogen (secondary N) is 1. The molecule has 0 saturated heterocycles. The molecule has 1 aliphatic carbocycles. The van der Waals surface area contributed by atoms with Crippen LogP contribution in [0.4, 0.5) is 0 Å². The van der Waals surface area contributed by atoms with Crippen LogP contribution in [0.15, 0.2) is 6.07 Å². The molecule has 0 amide bonds. The topological polar surface area (TPSA) is 63.8 Å². The Hall–Kier alpha value is -1.00. The van der Waals surface area contributed by atoms with Gasteiger partial charge in [-0.3, -0.25) is 11.3 Å². The van der Waals surface area contributed by atoms with Crippen molar-refractivity contribution in [1.82, 2.24) is 15.6 Å². The van der Waals surface area contributed by atoms with Gasteiger partial charge in [0.1, 0.15) is 0 Å². The molecule has 4 nitrogen and oxygen atoms in total. The van der Waals surface area contributed by atoms with E-state index in [0.29, 0.717) is 5.92 Å². The van der Waals surface area contributed by atoms with Crippen molar-refractivity contribution in [1.29, 1.82) is 0 Å². The fourth-order valence-corrected chi connectivity index (χ4v) is 3.03. The van der Waals surface area contributed by atoms with Gasteiger partial charge < -0.3 is 0 Å². The van der Waals surface area contributed by atoms with E-state index in [1.807, 2.05) is 6.92 Å². The number of nitrogens with two attached hydrogens (primary N) is 1. The van der Waals surface area contributed by atoms with E-state index >= 15 is 0 Å². The monoisotopic (exact) mass is 248 g/mol. The Morgan fingerprint density at radius 1 is 1.33 bits per heavy atom. The lowest BCUT2D eigenvalue weighted by Crippen LogP contribution is -2.35. The van der Waals surface area contributed by atoms with Crippen LogP contribution in [0.3, 0.4) is 0 Å². The summed E-state index contributed by atoms with van der Waals surface area (Å²) in [7, 11) is 0. The summed E-state index contributed by atoms with van der Waals surface area (Å²) in [5.41, 5.74) is 6.32. The zero-order valence-corrected chi connectivity index (χ0v) is 11.4. The van der Waals surface area contributed by atoms with Crippen molar-refractivity contribution < 1.29 is 0 Å². The lowest BCUT2D eigenvalue weighted by Gasteiger charge is -2.30. The van der Waals surface area contributed by atoms with E-state index in [0.717, 1.165) is 17.8 Å². The number of hydrogen-bond acceptors (Lipinski definition) is 4. The highest BCUT2D eigenvalue weighted by atomic mass is 15.2. The Kier molecular flexibility index (Phi) is 4.66. The van der Waals surface area contributed by atoms with Gasteiger partial charge in [0, 0.05) is 0 Å². The quantitative estimate of drug-likeness (QED) is 0.634. The highest BCUT2D eigenvalue weighted by Gasteiger charge is 2.26. The van der Waals surface area contributed by atoms with Gasteiger partial charge in [0.15, 0.2) is 0 Å². The van der Waals surface area contributed by atoms with Crippen molar-refractivity contribution in [3.63, 3.8) is 0 Å². The van der Waals surface area contributed by atoms with Gasteiger partial charge >= 0.3 is 0 Å². The molecule has 2 rings (SSSR count). The smallest absolute Gasteiger partial charge is 0.0676 e. The largest absolute Gasteiger partial charge is 0.271 e. The Balaban J connectivity index is 2.27. The molecule has 18 heavy (non-hydrogen) atoms. The van der Waals surface area contributed by atoms with E-state index in [9.17, 15) is 0 Å². The number of aromatic nitrogens is 2. The van der Waals surface area contributed by atoms with Gasteiger partial charge in [-0.2, -0.15) is 10.2 Å². The first-order chi connectivity index (χ1) is 8.76. The Morgan fingerprint density at radius 3 is 2.67 bits per heavy atom. The van der Waals surface area contributed by atoms with Crippen LogP contribution in [0.1, 0.15) is 62.0 Å². The van der Waals surface area contributed by atoms with Crippen molar-refractivity contribution in [3.8, 4) is 0 Å². The first kappa shape index (κ1) is 13.4. The van der Waals surface area contributed by atoms with Crippen LogP contribution in [-0.2, 0) is 6.42 Å². The second-order valence-electron chi connectivity index (χ2n) is 5.28. The Bertz CT molecular complexity index is 385. The van der Waals surface area contributed by atoms with E-state index < -0.39 is 0 Å². The molecule has 1 saturated carbocycles. The summed E-state index contributed by atoms with van der Waals surface area (Å²) in [4.78, 5) is 0. The average molecular weight is 248 g/mol. The van der Waals surface area contributed by atoms with Crippen molar-refractivity contribution in [2.45, 2.75) is 58.4 Å². The minimum Gasteiger partial charge on any atom is -0.271 e. The zero-order valence-electron chi connectivity index (χ0n) is 11.4. The molecule has 1 atom stereocenters. The number of hydrazine groups is 1. The second-order valence-corrected chi connectivity index (χ2v) is 5.28. The average Bonchev–Trinajstić information content (AvgIpc) is 2.41. The molecule has 0 spiro atoms. The van der Waals surface area contributed by atoms with Crippen LogP contribution >= 0.6 is 0 Å². The molecule has 1 fully saturated rings. The molecular weight excluding hydrogens is 224 g/mol. The van der Waals surface area contributed by atoms with Gasteiger partial charge in [0.05, 0.1) is 17.4 Å². The van der Waals surface area contributed by atoms with Crippen LogP contribution in [0.25, 0.3) is 0 Å². The maximum absolute atomic E-state index is 5.81. The van der Waals surface area contributed by atoms with E-state index in [4.69, 9.17) is 5.84 Å². The molecule has 100 valence electrons. The Labute approximate surface area is 109 Å². The SMILES string of the molecule is CCc1nnc(C)cc1C(NN)C1CCCCC1. The summed E-state index contributed by atoms with van der Waals surface area (Å²) in [5, 5.41) is 8.47. The summed E-state index contributed by atoms with van der Waals surface area (Å²) >= 11 is 0. The number of nitrogens with zero attached hydrogens (tertiary/aromatic N) is 2. The van der Waals surface area contributed by atoms with E-state index in [2.05, 4.69) is 28.6 Å². The molecule has 1 aromatic rings. The maximum Gasteiger partial charge on any atom is 0.0676 e. The van der Waals surface area contributed by atoms with Gasteiger partial charge in [0.2, 0.25) is 0 Å². The summed E-state index contributed by atoms with van der Waals surface area (Å²) in [6.07, 6.45) is 7.44. The molecule has 0 aliphatic heterocycles. The standard InChI is InChI=1S/C14H24N4/c1-3-13-12(9-10(2)17-18-13)14(16-15)11-7-5-4-6-8-11/h9,11,14,16H,3-8,15H2,1-2H3. The molecule has 0 radical (unpaired) electrons. The first-order valence-corrected chi connectivity index (χ1v) is 7.05. The summed E-state index contributed by atoms with van der Waals surface area (Å²) in [6, 6.07) is 2.37. The zero-order chi connectivity index (χ0) is 13.0. The highest BCUT2D eigenvalue weighted by molar-refractivity contribution is 5.25. The van der Waals surface area contributed by atoms with Gasteiger partial charge in [-0.15, -0.1) is 0 Å². The van der Waals surface area contributed by atoms with E-state index in [-0.39, 0.29) is 6.04 Å². The number of hydrogen-bond donors (Lipinski definition) is 2. The van der Waals surface area contributed by atoms with Gasteiger partial charge in [-0.25, -0.2) is 0 Å². The van der Waals surface area contributed by atoms with E-state index in [1.54, 1.807) is 0 Å². The van der Waals surface area contributed by atoms with Gasteiger partial charge in [-0.05, 0) is 43.7 Å². The molecule has 4 heteroatoms. The maximum atomic E-state index is 5.81. The molecule has 3 N–H and O–H groups in total. The normalized spacial score (nSPS) is 18.8. The molecule has 0 bridgehead atoms. The number of rotatable bonds is 4. The van der Waals surface area contributed by atoms with Crippen molar-refractivity contribution >= 4 is 0 Å². The number of aryl methyl sites for hydroxylation is 2. The predicted octanol–water partition coefficient (Wildman–Crippen LogP) is 2.43. The van der Waals surface area contributed by atoms with Crippen LogP contribution in [0, 0.1) is 12.8 Å². The minimum atomic E-state index is 0.231. The summed E-state index contributed by atoms with van der Waals surface area (Å²) in [6.45, 7) is 4.11. The highest BCUT2D eigenvalue weighted by Crippen LogP contribution is 2.35. The first-order valence-electron chi connectivity index (χ1n) is 7.05. The van der Waals surface area contributed by atoms with E-state index in [1.165, 1.54) is 37.7 Å². The molecule has 1 aliphatic rings. The van der Waals surface area contributed by atoms with Gasteiger partial charge in [-0.1, -0.05) is 26.2 Å². The van der Waals surface area contributed by atoms with Crippen molar-refractivity contribution in [3.05, 3.63) is 23.0 Å². The van der Waals surface area contributed by atoms with Crippen LogP contribution in [-0.4, -0.2) is 10.2 Å². The fraction of sp³-hybridized carbons (Fsp3) is 0.714.